The summed E-state index contributed by atoms with van der Waals surface area (Å²) in [6.45, 7) is 0. The summed E-state index contributed by atoms with van der Waals surface area (Å²) < 4.78 is 1.82. The van der Waals surface area contributed by atoms with Crippen molar-refractivity contribution in [3.63, 3.8) is 0 Å². The van der Waals surface area contributed by atoms with E-state index in [1.165, 1.54) is 19.3 Å². The van der Waals surface area contributed by atoms with Crippen molar-refractivity contribution in [2.45, 2.75) is 38.1 Å². The first-order chi connectivity index (χ1) is 6.81. The van der Waals surface area contributed by atoms with Gasteiger partial charge in [-0.25, -0.2) is 4.68 Å². The molecule has 1 saturated carbocycles. The van der Waals surface area contributed by atoms with E-state index in [1.807, 2.05) is 10.8 Å². The highest BCUT2D eigenvalue weighted by atomic mass is 15.3. The van der Waals surface area contributed by atoms with Crippen LogP contribution in [0.4, 0.5) is 5.82 Å². The number of aromatic nitrogens is 2. The molecule has 1 aliphatic carbocycles. The summed E-state index contributed by atoms with van der Waals surface area (Å²) >= 11 is 0. The summed E-state index contributed by atoms with van der Waals surface area (Å²) in [6.07, 6.45) is 6.06. The Hall–Kier alpha value is -1.50. The Labute approximate surface area is 83.3 Å². The Balaban J connectivity index is 2.22. The van der Waals surface area contributed by atoms with Gasteiger partial charge < -0.3 is 5.73 Å². The van der Waals surface area contributed by atoms with Crippen LogP contribution in [-0.4, -0.2) is 9.78 Å². The van der Waals surface area contributed by atoms with Crippen LogP contribution in [0.2, 0.25) is 0 Å². The van der Waals surface area contributed by atoms with Crippen LogP contribution in [0.3, 0.4) is 0 Å². The van der Waals surface area contributed by atoms with E-state index in [9.17, 15) is 0 Å². The number of rotatable bonds is 1. The molecule has 0 atom stereocenters. The standard InChI is InChI=1S/C10H14N4/c11-7-8-6-10(12)14(13-8)9-4-2-1-3-5-9/h6,9H,1-5,12H2. The Kier molecular flexibility index (Phi) is 2.40. The Morgan fingerprint density at radius 2 is 2.14 bits per heavy atom. The molecule has 1 aromatic rings. The van der Waals surface area contributed by atoms with Crippen molar-refractivity contribution in [3.8, 4) is 6.07 Å². The Bertz CT molecular complexity index is 355. The minimum atomic E-state index is 0.408. The van der Waals surface area contributed by atoms with Gasteiger partial charge in [0.1, 0.15) is 11.9 Å². The van der Waals surface area contributed by atoms with E-state index >= 15 is 0 Å². The van der Waals surface area contributed by atoms with Crippen molar-refractivity contribution < 1.29 is 0 Å². The molecule has 14 heavy (non-hydrogen) atoms. The number of hydrogen-bond donors (Lipinski definition) is 1. The largest absolute Gasteiger partial charge is 0.384 e. The molecule has 1 aliphatic rings. The van der Waals surface area contributed by atoms with Gasteiger partial charge in [-0.05, 0) is 12.8 Å². The van der Waals surface area contributed by atoms with E-state index in [-0.39, 0.29) is 0 Å². The predicted octanol–water partition coefficient (Wildman–Crippen LogP) is 1.84. The summed E-state index contributed by atoms with van der Waals surface area (Å²) in [7, 11) is 0. The molecular weight excluding hydrogens is 176 g/mol. The molecule has 0 aromatic carbocycles. The van der Waals surface area contributed by atoms with E-state index in [0.29, 0.717) is 17.6 Å². The second kappa shape index (κ2) is 3.70. The number of anilines is 1. The van der Waals surface area contributed by atoms with Gasteiger partial charge in [0.15, 0.2) is 5.69 Å². The summed E-state index contributed by atoms with van der Waals surface area (Å²) in [5, 5.41) is 12.9. The third kappa shape index (κ3) is 1.58. The summed E-state index contributed by atoms with van der Waals surface area (Å²) in [6, 6.07) is 4.07. The molecular formula is C10H14N4. The number of nitriles is 1. The minimum Gasteiger partial charge on any atom is -0.384 e. The average Bonchev–Trinajstić information content (AvgIpc) is 2.61. The van der Waals surface area contributed by atoms with Crippen LogP contribution in [0, 0.1) is 11.3 Å². The van der Waals surface area contributed by atoms with Crippen LogP contribution in [0.15, 0.2) is 6.07 Å². The van der Waals surface area contributed by atoms with Crippen molar-refractivity contribution in [3.05, 3.63) is 11.8 Å². The number of nitrogens with zero attached hydrogens (tertiary/aromatic N) is 3. The van der Waals surface area contributed by atoms with Crippen LogP contribution in [0.1, 0.15) is 43.8 Å². The molecule has 4 heteroatoms. The summed E-state index contributed by atoms with van der Waals surface area (Å²) in [4.78, 5) is 0. The van der Waals surface area contributed by atoms with Gasteiger partial charge in [0.05, 0.1) is 6.04 Å². The number of nitrogen functional groups attached to an aromatic ring is 1. The summed E-state index contributed by atoms with van der Waals surface area (Å²) in [5.74, 6) is 0.619. The molecule has 0 spiro atoms. The first kappa shape index (κ1) is 9.07. The van der Waals surface area contributed by atoms with Crippen molar-refractivity contribution in [2.75, 3.05) is 5.73 Å². The lowest BCUT2D eigenvalue weighted by Crippen LogP contribution is -2.16. The van der Waals surface area contributed by atoms with Gasteiger partial charge in [-0.2, -0.15) is 10.4 Å². The molecule has 0 aliphatic heterocycles. The fourth-order valence-corrected chi connectivity index (χ4v) is 2.08. The average molecular weight is 190 g/mol. The first-order valence-electron chi connectivity index (χ1n) is 5.06. The van der Waals surface area contributed by atoms with Gasteiger partial charge in [0, 0.05) is 6.07 Å². The maximum absolute atomic E-state index is 8.69. The fraction of sp³-hybridized carbons (Fsp3) is 0.600. The molecule has 0 unspecified atom stereocenters. The SMILES string of the molecule is N#Cc1cc(N)n(C2CCCCC2)n1. The molecule has 74 valence electrons. The molecule has 0 amide bonds. The second-order valence-corrected chi connectivity index (χ2v) is 3.80. The molecule has 4 nitrogen and oxygen atoms in total. The quantitative estimate of drug-likeness (QED) is 0.734. The zero-order valence-electron chi connectivity index (χ0n) is 8.11. The van der Waals surface area contributed by atoms with E-state index in [0.717, 1.165) is 12.8 Å². The van der Waals surface area contributed by atoms with E-state index in [1.54, 1.807) is 6.07 Å². The van der Waals surface area contributed by atoms with E-state index < -0.39 is 0 Å². The summed E-state index contributed by atoms with van der Waals surface area (Å²) in [5.41, 5.74) is 6.22. The maximum Gasteiger partial charge on any atom is 0.164 e. The highest BCUT2D eigenvalue weighted by molar-refractivity contribution is 5.36. The first-order valence-corrected chi connectivity index (χ1v) is 5.06. The lowest BCUT2D eigenvalue weighted by molar-refractivity contribution is 0.333. The monoisotopic (exact) mass is 190 g/mol. The minimum absolute atomic E-state index is 0.408. The number of nitrogens with two attached hydrogens (primary N) is 1. The van der Waals surface area contributed by atoms with Crippen LogP contribution in [0.25, 0.3) is 0 Å². The van der Waals surface area contributed by atoms with Gasteiger partial charge in [-0.3, -0.25) is 0 Å². The third-order valence-corrected chi connectivity index (χ3v) is 2.80. The molecule has 2 rings (SSSR count). The lowest BCUT2D eigenvalue weighted by Gasteiger charge is -2.22. The third-order valence-electron chi connectivity index (χ3n) is 2.80. The van der Waals surface area contributed by atoms with Gasteiger partial charge in [-0.1, -0.05) is 19.3 Å². The molecule has 1 fully saturated rings. The van der Waals surface area contributed by atoms with Crippen LogP contribution in [-0.2, 0) is 0 Å². The smallest absolute Gasteiger partial charge is 0.164 e. The zero-order chi connectivity index (χ0) is 9.97. The topological polar surface area (TPSA) is 67.6 Å². The molecule has 1 aromatic heterocycles. The van der Waals surface area contributed by atoms with Crippen LogP contribution >= 0.6 is 0 Å². The zero-order valence-corrected chi connectivity index (χ0v) is 8.11. The van der Waals surface area contributed by atoms with Crippen molar-refractivity contribution >= 4 is 5.82 Å². The molecule has 0 bridgehead atoms. The van der Waals surface area contributed by atoms with Crippen LogP contribution in [0.5, 0.6) is 0 Å². The normalized spacial score (nSPS) is 17.9. The van der Waals surface area contributed by atoms with Gasteiger partial charge in [0.25, 0.3) is 0 Å². The highest BCUT2D eigenvalue weighted by Gasteiger charge is 2.18. The Morgan fingerprint density at radius 1 is 1.43 bits per heavy atom. The molecule has 0 saturated heterocycles. The lowest BCUT2D eigenvalue weighted by atomic mass is 9.96. The van der Waals surface area contributed by atoms with Crippen LogP contribution < -0.4 is 5.73 Å². The van der Waals surface area contributed by atoms with Gasteiger partial charge in [-0.15, -0.1) is 0 Å². The van der Waals surface area contributed by atoms with Crippen molar-refractivity contribution in [1.82, 2.24) is 9.78 Å². The van der Waals surface area contributed by atoms with E-state index in [4.69, 9.17) is 11.0 Å². The Morgan fingerprint density at radius 3 is 2.71 bits per heavy atom. The molecule has 1 heterocycles. The fourth-order valence-electron chi connectivity index (χ4n) is 2.08. The molecule has 2 N–H and O–H groups in total. The van der Waals surface area contributed by atoms with Crippen molar-refractivity contribution in [2.24, 2.45) is 0 Å². The second-order valence-electron chi connectivity index (χ2n) is 3.80. The maximum atomic E-state index is 8.69. The highest BCUT2D eigenvalue weighted by Crippen LogP contribution is 2.29. The van der Waals surface area contributed by atoms with Crippen molar-refractivity contribution in [1.29, 1.82) is 5.26 Å². The van der Waals surface area contributed by atoms with Gasteiger partial charge >= 0.3 is 0 Å². The van der Waals surface area contributed by atoms with Gasteiger partial charge in [0.2, 0.25) is 0 Å². The van der Waals surface area contributed by atoms with E-state index in [2.05, 4.69) is 5.10 Å². The predicted molar refractivity (Wildman–Crippen MR) is 53.5 cm³/mol. The number of hydrogen-bond acceptors (Lipinski definition) is 3. The molecule has 0 radical (unpaired) electrons.